The Labute approximate surface area is 220 Å². The molecular weight excluding hydrogens is 489 g/mol. The predicted octanol–water partition coefficient (Wildman–Crippen LogP) is 4.30. The molecule has 1 aliphatic carbocycles. The van der Waals surface area contributed by atoms with Gasteiger partial charge in [0.1, 0.15) is 24.8 Å². The Morgan fingerprint density at radius 2 is 1.76 bits per heavy atom. The third kappa shape index (κ3) is 7.27. The molecule has 1 aliphatic rings. The number of ether oxygens (including phenoxy) is 2. The van der Waals surface area contributed by atoms with Crippen LogP contribution in [0.5, 0.6) is 5.75 Å². The van der Waals surface area contributed by atoms with Crippen molar-refractivity contribution >= 4 is 11.9 Å². The van der Waals surface area contributed by atoms with E-state index in [1.807, 2.05) is 42.5 Å². The molecule has 0 saturated heterocycles. The van der Waals surface area contributed by atoms with Gasteiger partial charge in [-0.3, -0.25) is 14.4 Å². The van der Waals surface area contributed by atoms with E-state index in [2.05, 4.69) is 15.3 Å². The van der Waals surface area contributed by atoms with Crippen molar-refractivity contribution in [2.45, 2.75) is 51.6 Å². The molecule has 2 N–H and O–H groups in total. The first kappa shape index (κ1) is 27.0. The molecule has 200 valence electrons. The van der Waals surface area contributed by atoms with E-state index in [0.29, 0.717) is 18.2 Å². The van der Waals surface area contributed by atoms with Crippen LogP contribution >= 0.6 is 0 Å². The van der Waals surface area contributed by atoms with Gasteiger partial charge in [-0.1, -0.05) is 42.5 Å². The number of aromatic nitrogens is 2. The number of nitrogens with one attached hydrogen (secondary N) is 2. The van der Waals surface area contributed by atoms with Crippen molar-refractivity contribution in [1.29, 1.82) is 0 Å². The van der Waals surface area contributed by atoms with Gasteiger partial charge in [0, 0.05) is 6.42 Å². The standard InChI is InChI=1S/C29H32FN3O5/c1-2-37-25(34)17-31-28(35)26-27(38-18-20-6-4-3-5-7-20)29(36)33-24(32-26)16-19-8-10-21(11-9-19)22-12-14-23(30)15-13-22/h3-7,12-15,19,21H,2,8-11,16-18H2,1H3,(H,31,35)(H,32,33,36). The minimum absolute atomic E-state index is 0.0799. The van der Waals surface area contributed by atoms with Gasteiger partial charge in [-0.25, -0.2) is 9.37 Å². The molecule has 8 nitrogen and oxygen atoms in total. The number of H-pyrrole nitrogens is 1. The monoisotopic (exact) mass is 521 g/mol. The molecule has 1 aromatic heterocycles. The summed E-state index contributed by atoms with van der Waals surface area (Å²) in [5.74, 6) is -0.661. The van der Waals surface area contributed by atoms with Crippen LogP contribution in [-0.4, -0.2) is 35.0 Å². The number of hydrogen-bond donors (Lipinski definition) is 2. The molecule has 4 rings (SSSR count). The highest BCUT2D eigenvalue weighted by atomic mass is 19.1. The van der Waals surface area contributed by atoms with Crippen molar-refractivity contribution in [2.75, 3.05) is 13.2 Å². The van der Waals surface area contributed by atoms with E-state index >= 15 is 0 Å². The Morgan fingerprint density at radius 3 is 2.45 bits per heavy atom. The number of benzene rings is 2. The van der Waals surface area contributed by atoms with E-state index in [1.54, 1.807) is 6.92 Å². The Morgan fingerprint density at radius 1 is 1.05 bits per heavy atom. The second-order valence-corrected chi connectivity index (χ2v) is 9.43. The Hall–Kier alpha value is -4.01. The number of halogens is 1. The van der Waals surface area contributed by atoms with Crippen LogP contribution in [0.1, 0.15) is 66.0 Å². The molecular formula is C29H32FN3O5. The number of rotatable bonds is 10. The maximum atomic E-state index is 13.3. The van der Waals surface area contributed by atoms with Crippen LogP contribution in [0.25, 0.3) is 0 Å². The summed E-state index contributed by atoms with van der Waals surface area (Å²) in [4.78, 5) is 45.0. The fraction of sp³-hybridized carbons (Fsp3) is 0.379. The van der Waals surface area contributed by atoms with Crippen LogP contribution in [0.4, 0.5) is 4.39 Å². The second-order valence-electron chi connectivity index (χ2n) is 9.43. The fourth-order valence-corrected chi connectivity index (χ4v) is 4.78. The van der Waals surface area contributed by atoms with Crippen LogP contribution in [0.3, 0.4) is 0 Å². The molecule has 0 bridgehead atoms. The smallest absolute Gasteiger partial charge is 0.325 e. The minimum atomic E-state index is -0.687. The van der Waals surface area contributed by atoms with Gasteiger partial charge >= 0.3 is 5.97 Å². The van der Waals surface area contributed by atoms with Crippen LogP contribution < -0.4 is 15.6 Å². The molecule has 9 heteroatoms. The van der Waals surface area contributed by atoms with E-state index in [-0.39, 0.29) is 42.9 Å². The van der Waals surface area contributed by atoms with Gasteiger partial charge in [0.15, 0.2) is 5.69 Å². The maximum Gasteiger partial charge on any atom is 0.325 e. The molecule has 2 aromatic carbocycles. The van der Waals surface area contributed by atoms with Crippen LogP contribution in [0.15, 0.2) is 59.4 Å². The van der Waals surface area contributed by atoms with Gasteiger partial charge in [-0.15, -0.1) is 0 Å². The van der Waals surface area contributed by atoms with Gasteiger partial charge in [0.2, 0.25) is 5.75 Å². The highest BCUT2D eigenvalue weighted by Crippen LogP contribution is 2.36. The molecule has 1 heterocycles. The number of aromatic amines is 1. The van der Waals surface area contributed by atoms with Gasteiger partial charge < -0.3 is 19.8 Å². The highest BCUT2D eigenvalue weighted by Gasteiger charge is 2.26. The van der Waals surface area contributed by atoms with E-state index in [0.717, 1.165) is 36.8 Å². The number of carbonyl (C=O) groups excluding carboxylic acids is 2. The first-order valence-electron chi connectivity index (χ1n) is 12.9. The van der Waals surface area contributed by atoms with E-state index in [9.17, 15) is 18.8 Å². The molecule has 3 aromatic rings. The van der Waals surface area contributed by atoms with E-state index in [4.69, 9.17) is 9.47 Å². The number of amides is 1. The molecule has 0 unspecified atom stereocenters. The lowest BCUT2D eigenvalue weighted by Crippen LogP contribution is -2.33. The zero-order valence-corrected chi connectivity index (χ0v) is 21.4. The summed E-state index contributed by atoms with van der Waals surface area (Å²) in [5, 5.41) is 2.47. The molecule has 0 aliphatic heterocycles. The summed E-state index contributed by atoms with van der Waals surface area (Å²) in [6, 6.07) is 15.9. The molecule has 1 fully saturated rings. The van der Waals surface area contributed by atoms with Gasteiger partial charge in [0.05, 0.1) is 6.61 Å². The quantitative estimate of drug-likeness (QED) is 0.385. The highest BCUT2D eigenvalue weighted by molar-refractivity contribution is 5.96. The van der Waals surface area contributed by atoms with E-state index < -0.39 is 17.4 Å². The number of nitrogens with zero attached hydrogens (tertiary/aromatic N) is 1. The van der Waals surface area contributed by atoms with Gasteiger partial charge in [-0.05, 0) is 67.7 Å². The third-order valence-electron chi connectivity index (χ3n) is 6.74. The van der Waals surface area contributed by atoms with Crippen molar-refractivity contribution in [3.8, 4) is 5.75 Å². The molecule has 1 saturated carbocycles. The second kappa shape index (κ2) is 13.0. The topological polar surface area (TPSA) is 110 Å². The largest absolute Gasteiger partial charge is 0.481 e. The first-order chi connectivity index (χ1) is 18.4. The van der Waals surface area contributed by atoms with E-state index in [1.165, 1.54) is 12.1 Å². The van der Waals surface area contributed by atoms with Crippen molar-refractivity contribution in [2.24, 2.45) is 5.92 Å². The summed E-state index contributed by atoms with van der Waals surface area (Å²) >= 11 is 0. The summed E-state index contributed by atoms with van der Waals surface area (Å²) in [6.45, 7) is 1.60. The Balaban J connectivity index is 1.47. The van der Waals surface area contributed by atoms with Crippen molar-refractivity contribution < 1.29 is 23.5 Å². The summed E-state index contributed by atoms with van der Waals surface area (Å²) < 4.78 is 23.9. The lowest BCUT2D eigenvalue weighted by molar-refractivity contribution is -0.141. The maximum absolute atomic E-state index is 13.3. The minimum Gasteiger partial charge on any atom is -0.481 e. The van der Waals surface area contributed by atoms with Crippen molar-refractivity contribution in [3.63, 3.8) is 0 Å². The predicted molar refractivity (Wildman–Crippen MR) is 139 cm³/mol. The molecule has 0 radical (unpaired) electrons. The SMILES string of the molecule is CCOC(=O)CNC(=O)c1nc(CC2CCC(c3ccc(F)cc3)CC2)[nH]c(=O)c1OCc1ccccc1. The van der Waals surface area contributed by atoms with Crippen LogP contribution in [0, 0.1) is 11.7 Å². The van der Waals surface area contributed by atoms with Crippen LogP contribution in [0.2, 0.25) is 0 Å². The molecule has 38 heavy (non-hydrogen) atoms. The summed E-state index contributed by atoms with van der Waals surface area (Å²) in [7, 11) is 0. The zero-order chi connectivity index (χ0) is 26.9. The van der Waals surface area contributed by atoms with Gasteiger partial charge in [0.25, 0.3) is 11.5 Å². The third-order valence-corrected chi connectivity index (χ3v) is 6.74. The average Bonchev–Trinajstić information content (AvgIpc) is 2.92. The average molecular weight is 522 g/mol. The molecule has 0 spiro atoms. The number of esters is 1. The lowest BCUT2D eigenvalue weighted by Gasteiger charge is -2.28. The zero-order valence-electron chi connectivity index (χ0n) is 21.4. The fourth-order valence-electron chi connectivity index (χ4n) is 4.78. The number of carbonyl (C=O) groups is 2. The first-order valence-corrected chi connectivity index (χ1v) is 12.9. The lowest BCUT2D eigenvalue weighted by atomic mass is 9.77. The molecule has 1 amide bonds. The normalized spacial score (nSPS) is 17.0. The van der Waals surface area contributed by atoms with Crippen molar-refractivity contribution in [3.05, 3.63) is 93.4 Å². The van der Waals surface area contributed by atoms with Crippen LogP contribution in [-0.2, 0) is 22.6 Å². The molecule has 0 atom stereocenters. The summed E-state index contributed by atoms with van der Waals surface area (Å²) in [5.41, 5.74) is 1.25. The Kier molecular flexibility index (Phi) is 9.24. The summed E-state index contributed by atoms with van der Waals surface area (Å²) in [6.07, 6.45) is 4.24. The van der Waals surface area contributed by atoms with Gasteiger partial charge in [-0.2, -0.15) is 0 Å². The number of hydrogen-bond acceptors (Lipinski definition) is 6. The van der Waals surface area contributed by atoms with Crippen molar-refractivity contribution in [1.82, 2.24) is 15.3 Å². The Bertz CT molecular complexity index is 1290.